The van der Waals surface area contributed by atoms with Gasteiger partial charge in [-0.15, -0.1) is 12.6 Å². The van der Waals surface area contributed by atoms with Crippen molar-refractivity contribution in [1.82, 2.24) is 0 Å². The fourth-order valence-electron chi connectivity index (χ4n) is 0.905. The van der Waals surface area contributed by atoms with Crippen molar-refractivity contribution in [3.05, 3.63) is 11.4 Å². The number of hydrogen-bond acceptors (Lipinski definition) is 5. The second kappa shape index (κ2) is 4.91. The molecule has 4 nitrogen and oxygen atoms in total. The second-order valence-corrected chi connectivity index (χ2v) is 3.07. The van der Waals surface area contributed by atoms with E-state index in [-0.39, 0.29) is 17.0 Å². The van der Waals surface area contributed by atoms with Crippen molar-refractivity contribution in [2.75, 3.05) is 0 Å². The number of rotatable bonds is 0. The Morgan fingerprint density at radius 2 is 1.77 bits per heavy atom. The number of cyclic esters (lactones) is 2. The summed E-state index contributed by atoms with van der Waals surface area (Å²) in [7, 11) is 0. The third-order valence-corrected chi connectivity index (χ3v) is 1.72. The fourth-order valence-corrected chi connectivity index (χ4v) is 1.06. The molecular formula is C8H10O4S. The van der Waals surface area contributed by atoms with Crippen molar-refractivity contribution in [3.63, 3.8) is 0 Å². The Morgan fingerprint density at radius 1 is 1.15 bits per heavy atom. The van der Waals surface area contributed by atoms with Crippen LogP contribution in [0.15, 0.2) is 11.4 Å². The maximum Gasteiger partial charge on any atom is 0.311 e. The van der Waals surface area contributed by atoms with Gasteiger partial charge in [0.2, 0.25) is 0 Å². The van der Waals surface area contributed by atoms with Crippen molar-refractivity contribution >= 4 is 24.6 Å². The molecule has 0 saturated heterocycles. The maximum absolute atomic E-state index is 10.9. The van der Waals surface area contributed by atoms with E-state index in [0.29, 0.717) is 25.7 Å². The van der Waals surface area contributed by atoms with Crippen molar-refractivity contribution < 1.29 is 19.1 Å². The van der Waals surface area contributed by atoms with E-state index in [1.54, 1.807) is 0 Å². The SMILES string of the molecule is O=C1CCCCC(=O)O/C(S)=C/O1. The zero-order valence-electron chi connectivity index (χ0n) is 6.99. The quantitative estimate of drug-likeness (QED) is 0.476. The van der Waals surface area contributed by atoms with Crippen LogP contribution >= 0.6 is 12.6 Å². The number of thiol groups is 1. The molecule has 0 radical (unpaired) electrons. The smallest absolute Gasteiger partial charge is 0.311 e. The third-order valence-electron chi connectivity index (χ3n) is 1.52. The van der Waals surface area contributed by atoms with E-state index < -0.39 is 0 Å². The highest BCUT2D eigenvalue weighted by Crippen LogP contribution is 2.11. The molecule has 0 saturated carbocycles. The average Bonchev–Trinajstić information content (AvgIpc) is 2.08. The minimum atomic E-state index is -0.348. The average molecular weight is 202 g/mol. The van der Waals surface area contributed by atoms with Crippen LogP contribution in [0.3, 0.4) is 0 Å². The van der Waals surface area contributed by atoms with Gasteiger partial charge in [0.05, 0.1) is 0 Å². The number of carbonyl (C=O) groups excluding carboxylic acids is 2. The van der Waals surface area contributed by atoms with Crippen molar-refractivity contribution in [2.45, 2.75) is 25.7 Å². The lowest BCUT2D eigenvalue weighted by Crippen LogP contribution is -2.07. The van der Waals surface area contributed by atoms with Gasteiger partial charge in [-0.3, -0.25) is 9.59 Å². The summed E-state index contributed by atoms with van der Waals surface area (Å²) >= 11 is 3.80. The van der Waals surface area contributed by atoms with Crippen LogP contribution < -0.4 is 0 Å². The van der Waals surface area contributed by atoms with Crippen LogP contribution in [-0.4, -0.2) is 11.9 Å². The molecule has 0 aromatic carbocycles. The molecule has 1 aliphatic rings. The maximum atomic E-state index is 10.9. The number of ether oxygens (including phenoxy) is 2. The minimum absolute atomic E-state index is 0.0141. The number of carbonyl (C=O) groups is 2. The van der Waals surface area contributed by atoms with Gasteiger partial charge in [0.1, 0.15) is 6.26 Å². The molecule has 0 fully saturated rings. The summed E-state index contributed by atoms with van der Waals surface area (Å²) in [5.41, 5.74) is 0. The van der Waals surface area contributed by atoms with E-state index in [9.17, 15) is 9.59 Å². The fraction of sp³-hybridized carbons (Fsp3) is 0.500. The summed E-state index contributed by atoms with van der Waals surface area (Å²) < 4.78 is 9.31. The summed E-state index contributed by atoms with van der Waals surface area (Å²) in [4.78, 5) is 21.8. The zero-order valence-corrected chi connectivity index (χ0v) is 7.88. The highest BCUT2D eigenvalue weighted by atomic mass is 32.1. The lowest BCUT2D eigenvalue weighted by atomic mass is 10.2. The molecule has 0 spiro atoms. The topological polar surface area (TPSA) is 52.6 Å². The van der Waals surface area contributed by atoms with Gasteiger partial charge in [-0.25, -0.2) is 0 Å². The van der Waals surface area contributed by atoms with Crippen LogP contribution in [0.5, 0.6) is 0 Å². The summed E-state index contributed by atoms with van der Waals surface area (Å²) in [5.74, 6) is -0.677. The van der Waals surface area contributed by atoms with E-state index in [1.807, 2.05) is 0 Å². The summed E-state index contributed by atoms with van der Waals surface area (Å²) in [6.45, 7) is 0. The highest BCUT2D eigenvalue weighted by molar-refractivity contribution is 7.84. The molecule has 0 unspecified atom stereocenters. The van der Waals surface area contributed by atoms with Gasteiger partial charge in [0, 0.05) is 12.8 Å². The van der Waals surface area contributed by atoms with E-state index >= 15 is 0 Å². The standard InChI is InChI=1S/C8H10O4S/c9-6-3-1-2-4-7(10)12-8(13)5-11-6/h5,13H,1-4H2/b8-5-. The monoisotopic (exact) mass is 202 g/mol. The van der Waals surface area contributed by atoms with Crippen LogP contribution in [0.4, 0.5) is 0 Å². The summed E-state index contributed by atoms with van der Waals surface area (Å²) in [5, 5.41) is 0.0141. The first-order chi connectivity index (χ1) is 6.18. The molecule has 0 aliphatic carbocycles. The van der Waals surface area contributed by atoms with E-state index in [0.717, 1.165) is 6.26 Å². The van der Waals surface area contributed by atoms with E-state index in [2.05, 4.69) is 22.1 Å². The Kier molecular flexibility index (Phi) is 3.82. The molecule has 5 heteroatoms. The van der Waals surface area contributed by atoms with Crippen LogP contribution in [0.2, 0.25) is 0 Å². The zero-order chi connectivity index (χ0) is 9.68. The summed E-state index contributed by atoms with van der Waals surface area (Å²) in [6, 6.07) is 0. The van der Waals surface area contributed by atoms with Gasteiger partial charge in [-0.1, -0.05) is 0 Å². The molecule has 0 atom stereocenters. The van der Waals surface area contributed by atoms with Crippen molar-refractivity contribution in [1.29, 1.82) is 0 Å². The molecule has 0 bridgehead atoms. The molecule has 0 N–H and O–H groups in total. The van der Waals surface area contributed by atoms with Crippen LogP contribution in [0.25, 0.3) is 0 Å². The normalized spacial score (nSPS) is 23.9. The molecule has 72 valence electrons. The molecule has 0 aromatic heterocycles. The highest BCUT2D eigenvalue weighted by Gasteiger charge is 2.09. The Labute approximate surface area is 81.3 Å². The predicted molar refractivity (Wildman–Crippen MR) is 47.7 cm³/mol. The Hall–Kier alpha value is -0.970. The van der Waals surface area contributed by atoms with Gasteiger partial charge < -0.3 is 9.47 Å². The van der Waals surface area contributed by atoms with E-state index in [4.69, 9.17) is 0 Å². The molecule has 0 aromatic rings. The molecule has 13 heavy (non-hydrogen) atoms. The van der Waals surface area contributed by atoms with Gasteiger partial charge in [0.15, 0.2) is 5.09 Å². The first kappa shape index (κ1) is 10.1. The minimum Gasteiger partial charge on any atom is -0.430 e. The molecule has 1 rings (SSSR count). The Bertz CT molecular complexity index is 247. The largest absolute Gasteiger partial charge is 0.430 e. The lowest BCUT2D eigenvalue weighted by Gasteiger charge is -2.06. The Balaban J connectivity index is 2.58. The second-order valence-electron chi connectivity index (χ2n) is 2.63. The van der Waals surface area contributed by atoms with Crippen LogP contribution in [0, 0.1) is 0 Å². The van der Waals surface area contributed by atoms with Gasteiger partial charge >= 0.3 is 11.9 Å². The van der Waals surface area contributed by atoms with Crippen LogP contribution in [-0.2, 0) is 19.1 Å². The predicted octanol–water partition coefficient (Wildman–Crippen LogP) is 1.38. The van der Waals surface area contributed by atoms with Crippen LogP contribution in [0.1, 0.15) is 25.7 Å². The summed E-state index contributed by atoms with van der Waals surface area (Å²) in [6.07, 6.45) is 2.95. The van der Waals surface area contributed by atoms with E-state index in [1.165, 1.54) is 0 Å². The van der Waals surface area contributed by atoms with Crippen molar-refractivity contribution in [3.8, 4) is 0 Å². The van der Waals surface area contributed by atoms with Gasteiger partial charge in [-0.05, 0) is 12.8 Å². The van der Waals surface area contributed by atoms with Crippen molar-refractivity contribution in [2.24, 2.45) is 0 Å². The number of esters is 2. The number of hydrogen-bond donors (Lipinski definition) is 1. The lowest BCUT2D eigenvalue weighted by molar-refractivity contribution is -0.142. The van der Waals surface area contributed by atoms with Gasteiger partial charge in [0.25, 0.3) is 0 Å². The third kappa shape index (κ3) is 3.98. The Morgan fingerprint density at radius 3 is 2.46 bits per heavy atom. The molecule has 1 heterocycles. The molecule has 0 amide bonds. The first-order valence-corrected chi connectivity index (χ1v) is 4.42. The first-order valence-electron chi connectivity index (χ1n) is 3.98. The molecule has 1 aliphatic heterocycles. The van der Waals surface area contributed by atoms with Gasteiger partial charge in [-0.2, -0.15) is 0 Å². The molecular weight excluding hydrogens is 192 g/mol.